The van der Waals surface area contributed by atoms with Gasteiger partial charge in [0.2, 0.25) is 0 Å². The van der Waals surface area contributed by atoms with Crippen LogP contribution in [-0.2, 0) is 9.59 Å². The standard InChI is InChI=1S/C21H22O6/c1-2-3-9-25-15-6-4-5-14(10-15)18-12-21(24)27-19-11-16(7-8-17(18)19)26-13-20(22)23/h4-8,10-11,18H,2-3,9,12-13H2,1H3,(H,22,23). The molecule has 1 aliphatic heterocycles. The van der Waals surface area contributed by atoms with Crippen LogP contribution in [0.5, 0.6) is 17.2 Å². The van der Waals surface area contributed by atoms with Crippen LogP contribution in [0, 0.1) is 0 Å². The number of hydrogen-bond donors (Lipinski definition) is 1. The van der Waals surface area contributed by atoms with Gasteiger partial charge in [-0.1, -0.05) is 31.5 Å². The van der Waals surface area contributed by atoms with Crippen LogP contribution in [0.3, 0.4) is 0 Å². The quantitative estimate of drug-likeness (QED) is 0.433. The maximum atomic E-state index is 12.1. The van der Waals surface area contributed by atoms with E-state index in [2.05, 4.69) is 6.92 Å². The number of carboxylic acids is 1. The highest BCUT2D eigenvalue weighted by Gasteiger charge is 2.29. The third-order valence-corrected chi connectivity index (χ3v) is 4.34. The van der Waals surface area contributed by atoms with Crippen molar-refractivity contribution in [1.29, 1.82) is 0 Å². The minimum absolute atomic E-state index is 0.149. The number of esters is 1. The first-order chi connectivity index (χ1) is 13.1. The second kappa shape index (κ2) is 8.58. The van der Waals surface area contributed by atoms with E-state index in [0.717, 1.165) is 29.7 Å². The fraction of sp³-hybridized carbons (Fsp3) is 0.333. The number of carbonyl (C=O) groups is 2. The summed E-state index contributed by atoms with van der Waals surface area (Å²) in [6, 6.07) is 12.8. The fourth-order valence-electron chi connectivity index (χ4n) is 3.02. The molecule has 6 nitrogen and oxygen atoms in total. The van der Waals surface area contributed by atoms with Gasteiger partial charge in [-0.2, -0.15) is 0 Å². The Hall–Kier alpha value is -3.02. The molecule has 0 aliphatic carbocycles. The topological polar surface area (TPSA) is 82.1 Å². The average molecular weight is 370 g/mol. The number of rotatable bonds is 8. The Bertz CT molecular complexity index is 829. The van der Waals surface area contributed by atoms with Crippen LogP contribution in [0.2, 0.25) is 0 Å². The normalized spacial score (nSPS) is 15.6. The molecule has 0 saturated carbocycles. The predicted molar refractivity (Wildman–Crippen MR) is 98.5 cm³/mol. The SMILES string of the molecule is CCCCOc1cccc(C2CC(=O)Oc3cc(OCC(=O)O)ccc32)c1. The molecule has 0 bridgehead atoms. The van der Waals surface area contributed by atoms with Crippen LogP contribution >= 0.6 is 0 Å². The van der Waals surface area contributed by atoms with Crippen LogP contribution < -0.4 is 14.2 Å². The molecular weight excluding hydrogens is 348 g/mol. The minimum Gasteiger partial charge on any atom is -0.494 e. The van der Waals surface area contributed by atoms with Crippen molar-refractivity contribution in [1.82, 2.24) is 0 Å². The van der Waals surface area contributed by atoms with Crippen LogP contribution in [0.1, 0.15) is 43.2 Å². The number of benzene rings is 2. The van der Waals surface area contributed by atoms with Crippen molar-refractivity contribution in [2.45, 2.75) is 32.1 Å². The van der Waals surface area contributed by atoms with Crippen molar-refractivity contribution in [3.8, 4) is 17.2 Å². The van der Waals surface area contributed by atoms with Crippen molar-refractivity contribution in [2.75, 3.05) is 13.2 Å². The summed E-state index contributed by atoms with van der Waals surface area (Å²) in [7, 11) is 0. The molecule has 1 aliphatic rings. The molecule has 0 spiro atoms. The Morgan fingerprint density at radius 1 is 1.19 bits per heavy atom. The molecule has 27 heavy (non-hydrogen) atoms. The average Bonchev–Trinajstić information content (AvgIpc) is 2.66. The number of ether oxygens (including phenoxy) is 3. The molecule has 3 rings (SSSR count). The van der Waals surface area contributed by atoms with E-state index in [9.17, 15) is 9.59 Å². The molecule has 0 saturated heterocycles. The Kier molecular flexibility index (Phi) is 5.96. The Morgan fingerprint density at radius 3 is 2.78 bits per heavy atom. The van der Waals surface area contributed by atoms with Gasteiger partial charge in [-0.05, 0) is 30.2 Å². The van der Waals surface area contributed by atoms with Gasteiger partial charge >= 0.3 is 11.9 Å². The second-order valence-corrected chi connectivity index (χ2v) is 6.39. The van der Waals surface area contributed by atoms with E-state index in [0.29, 0.717) is 18.1 Å². The Balaban J connectivity index is 1.84. The highest BCUT2D eigenvalue weighted by Crippen LogP contribution is 2.41. The first-order valence-corrected chi connectivity index (χ1v) is 8.98. The molecular formula is C21H22O6. The second-order valence-electron chi connectivity index (χ2n) is 6.39. The van der Waals surface area contributed by atoms with Gasteiger partial charge in [-0.3, -0.25) is 4.79 Å². The van der Waals surface area contributed by atoms with E-state index < -0.39 is 12.6 Å². The smallest absolute Gasteiger partial charge is 0.341 e. The van der Waals surface area contributed by atoms with Gasteiger partial charge < -0.3 is 19.3 Å². The maximum absolute atomic E-state index is 12.1. The summed E-state index contributed by atoms with van der Waals surface area (Å²) in [6.07, 6.45) is 2.29. The number of aliphatic carboxylic acids is 1. The number of carboxylic acid groups (broad SMARTS) is 1. The van der Waals surface area contributed by atoms with E-state index >= 15 is 0 Å². The fourth-order valence-corrected chi connectivity index (χ4v) is 3.02. The van der Waals surface area contributed by atoms with Crippen LogP contribution in [-0.4, -0.2) is 30.3 Å². The first kappa shape index (κ1) is 18.8. The molecule has 6 heteroatoms. The Morgan fingerprint density at radius 2 is 2.00 bits per heavy atom. The molecule has 1 N–H and O–H groups in total. The molecule has 0 amide bonds. The zero-order chi connectivity index (χ0) is 19.2. The van der Waals surface area contributed by atoms with Crippen LogP contribution in [0.4, 0.5) is 0 Å². The highest BCUT2D eigenvalue weighted by molar-refractivity contribution is 5.78. The molecule has 0 aromatic heterocycles. The van der Waals surface area contributed by atoms with Crippen molar-refractivity contribution in [3.05, 3.63) is 53.6 Å². The number of hydrogen-bond acceptors (Lipinski definition) is 5. The summed E-state index contributed by atoms with van der Waals surface area (Å²) in [5.41, 5.74) is 1.84. The molecule has 1 atom stereocenters. The van der Waals surface area contributed by atoms with E-state index in [1.54, 1.807) is 12.1 Å². The summed E-state index contributed by atoms with van der Waals surface area (Å²) < 4.78 is 16.3. The van der Waals surface area contributed by atoms with Gasteiger partial charge in [0, 0.05) is 17.5 Å². The highest BCUT2D eigenvalue weighted by atomic mass is 16.5. The minimum atomic E-state index is -1.07. The van der Waals surface area contributed by atoms with Crippen LogP contribution in [0.25, 0.3) is 0 Å². The summed E-state index contributed by atoms with van der Waals surface area (Å²) in [6.45, 7) is 2.32. The van der Waals surface area contributed by atoms with Gasteiger partial charge in [-0.15, -0.1) is 0 Å². The van der Waals surface area contributed by atoms with Crippen molar-refractivity contribution in [2.24, 2.45) is 0 Å². The zero-order valence-electron chi connectivity index (χ0n) is 15.1. The number of carbonyl (C=O) groups excluding carboxylic acids is 1. The van der Waals surface area contributed by atoms with Gasteiger partial charge in [-0.25, -0.2) is 4.79 Å². The lowest BCUT2D eigenvalue weighted by Crippen LogP contribution is -2.21. The lowest BCUT2D eigenvalue weighted by molar-refractivity contribution is -0.139. The van der Waals surface area contributed by atoms with Crippen LogP contribution in [0.15, 0.2) is 42.5 Å². The van der Waals surface area contributed by atoms with Crippen molar-refractivity contribution < 1.29 is 28.9 Å². The van der Waals surface area contributed by atoms with E-state index in [4.69, 9.17) is 19.3 Å². The monoisotopic (exact) mass is 370 g/mol. The summed E-state index contributed by atoms with van der Waals surface area (Å²) in [5, 5.41) is 8.73. The molecule has 0 radical (unpaired) electrons. The lowest BCUT2D eigenvalue weighted by atomic mass is 9.86. The molecule has 0 fully saturated rings. The number of unbranched alkanes of at least 4 members (excludes halogenated alkanes) is 1. The third-order valence-electron chi connectivity index (χ3n) is 4.34. The predicted octanol–water partition coefficient (Wildman–Crippen LogP) is 3.77. The van der Waals surface area contributed by atoms with E-state index in [1.807, 2.05) is 30.3 Å². The van der Waals surface area contributed by atoms with Crippen molar-refractivity contribution >= 4 is 11.9 Å². The van der Waals surface area contributed by atoms with E-state index in [1.165, 1.54) is 0 Å². The third kappa shape index (κ3) is 4.78. The van der Waals surface area contributed by atoms with Gasteiger partial charge in [0.1, 0.15) is 17.2 Å². The van der Waals surface area contributed by atoms with Gasteiger partial charge in [0.25, 0.3) is 0 Å². The molecule has 1 unspecified atom stereocenters. The summed E-state index contributed by atoms with van der Waals surface area (Å²) in [4.78, 5) is 22.7. The van der Waals surface area contributed by atoms with Gasteiger partial charge in [0.05, 0.1) is 13.0 Å². The number of fused-ring (bicyclic) bond motifs is 1. The lowest BCUT2D eigenvalue weighted by Gasteiger charge is -2.25. The molecule has 142 valence electrons. The van der Waals surface area contributed by atoms with Crippen molar-refractivity contribution in [3.63, 3.8) is 0 Å². The first-order valence-electron chi connectivity index (χ1n) is 8.98. The zero-order valence-corrected chi connectivity index (χ0v) is 15.1. The van der Waals surface area contributed by atoms with E-state index in [-0.39, 0.29) is 18.3 Å². The summed E-state index contributed by atoms with van der Waals surface area (Å²) >= 11 is 0. The maximum Gasteiger partial charge on any atom is 0.341 e. The largest absolute Gasteiger partial charge is 0.494 e. The molecule has 2 aromatic rings. The summed E-state index contributed by atoms with van der Waals surface area (Å²) in [5.74, 6) is -0.0206. The molecule has 1 heterocycles. The molecule has 2 aromatic carbocycles. The Labute approximate surface area is 157 Å². The van der Waals surface area contributed by atoms with Gasteiger partial charge in [0.15, 0.2) is 6.61 Å².